The average molecular weight is 740 g/mol. The number of nitrogens with one attached hydrogen (secondary N) is 2. The molecule has 8 nitrogen and oxygen atoms in total. The molecule has 12 heteroatoms. The van der Waals surface area contributed by atoms with Gasteiger partial charge in [0.2, 0.25) is 0 Å². The van der Waals surface area contributed by atoms with E-state index in [4.69, 9.17) is 4.74 Å². The summed E-state index contributed by atoms with van der Waals surface area (Å²) in [5.74, 6) is -1.21. The van der Waals surface area contributed by atoms with Gasteiger partial charge in [-0.15, -0.1) is 22.7 Å². The molecule has 0 fully saturated rings. The molecule has 43 heavy (non-hydrogen) atoms. The van der Waals surface area contributed by atoms with E-state index in [1.54, 1.807) is 24.8 Å². The first-order valence-corrected chi connectivity index (χ1v) is 16.0. The molecule has 218 valence electrons. The van der Waals surface area contributed by atoms with Crippen LogP contribution in [0.15, 0.2) is 82.3 Å². The summed E-state index contributed by atoms with van der Waals surface area (Å²) >= 11 is 9.47. The first kappa shape index (κ1) is 30.6. The zero-order valence-electron chi connectivity index (χ0n) is 23.1. The van der Waals surface area contributed by atoms with Gasteiger partial charge in [0.05, 0.1) is 40.3 Å². The second-order valence-corrected chi connectivity index (χ2v) is 13.2. The minimum Gasteiger partial charge on any atom is -0.477 e. The number of ether oxygens (including phenoxy) is 1. The van der Waals surface area contributed by atoms with Crippen LogP contribution in [0.2, 0.25) is 0 Å². The van der Waals surface area contributed by atoms with Gasteiger partial charge >= 0.3 is 11.9 Å². The predicted molar refractivity (Wildman–Crippen MR) is 182 cm³/mol. The Morgan fingerprint density at radius 1 is 0.721 bits per heavy atom. The molecule has 0 aliphatic heterocycles. The maximum atomic E-state index is 11.9. The van der Waals surface area contributed by atoms with Crippen LogP contribution >= 0.6 is 54.5 Å². The number of fused-ring (bicyclic) bond motifs is 2. The number of benzene rings is 2. The number of rotatable bonds is 6. The normalized spacial score (nSPS) is 10.7. The fourth-order valence-electron chi connectivity index (χ4n) is 4.47. The molecule has 0 aliphatic rings. The molecule has 0 saturated carbocycles. The number of carbonyl (C=O) groups excluding carboxylic acids is 1. The second-order valence-electron chi connectivity index (χ2n) is 9.29. The third-order valence-electron chi connectivity index (χ3n) is 6.49. The largest absolute Gasteiger partial charge is 0.477 e. The molecule has 6 rings (SSSR count). The van der Waals surface area contributed by atoms with E-state index < -0.39 is 5.97 Å². The van der Waals surface area contributed by atoms with E-state index in [0.717, 1.165) is 63.0 Å². The Kier molecular flexibility index (Phi) is 9.40. The smallest absolute Gasteiger partial charge is 0.348 e. The maximum Gasteiger partial charge on any atom is 0.348 e. The van der Waals surface area contributed by atoms with Crippen LogP contribution in [-0.2, 0) is 4.74 Å². The van der Waals surface area contributed by atoms with E-state index in [-0.39, 0.29) is 5.97 Å². The Morgan fingerprint density at radius 2 is 1.14 bits per heavy atom. The van der Waals surface area contributed by atoms with Gasteiger partial charge in [-0.3, -0.25) is 9.97 Å². The van der Waals surface area contributed by atoms with Gasteiger partial charge in [0, 0.05) is 43.5 Å². The summed E-state index contributed by atoms with van der Waals surface area (Å²) in [7, 11) is 1.39. The van der Waals surface area contributed by atoms with Crippen LogP contribution in [0.4, 0.5) is 22.7 Å². The number of carboxylic acid groups (broad SMARTS) is 1. The molecule has 0 saturated heterocycles. The molecular weight excluding hydrogens is 716 g/mol. The fraction of sp³-hybridized carbons (Fsp3) is 0.0968. The van der Waals surface area contributed by atoms with Crippen molar-refractivity contribution in [3.05, 3.63) is 103 Å². The molecule has 6 aromatic rings. The van der Waals surface area contributed by atoms with Crippen LogP contribution in [0.25, 0.3) is 20.2 Å². The number of anilines is 4. The van der Waals surface area contributed by atoms with Crippen molar-refractivity contribution in [1.82, 2.24) is 9.97 Å². The Bertz CT molecular complexity index is 1960. The molecule has 0 amide bonds. The first-order chi connectivity index (χ1) is 20.7. The Balaban J connectivity index is 0.000000171. The summed E-state index contributed by atoms with van der Waals surface area (Å²) in [5.41, 5.74) is 5.26. The molecule has 0 spiro atoms. The van der Waals surface area contributed by atoms with E-state index in [1.807, 2.05) is 62.4 Å². The molecule has 0 unspecified atom stereocenters. The predicted octanol–water partition coefficient (Wildman–Crippen LogP) is 9.71. The van der Waals surface area contributed by atoms with Crippen molar-refractivity contribution in [1.29, 1.82) is 0 Å². The van der Waals surface area contributed by atoms with E-state index >= 15 is 0 Å². The molecule has 4 aromatic heterocycles. The lowest BCUT2D eigenvalue weighted by Crippen LogP contribution is -2.00. The van der Waals surface area contributed by atoms with E-state index in [0.29, 0.717) is 9.75 Å². The van der Waals surface area contributed by atoms with Crippen LogP contribution in [0, 0.1) is 13.8 Å². The molecule has 0 aliphatic carbocycles. The number of nitrogens with zero attached hydrogens (tertiary/aromatic N) is 2. The summed E-state index contributed by atoms with van der Waals surface area (Å²) < 4.78 is 8.70. The quantitative estimate of drug-likeness (QED) is 0.145. The van der Waals surface area contributed by atoms with Gasteiger partial charge in [0.15, 0.2) is 0 Å². The molecule has 3 N–H and O–H groups in total. The molecule has 4 heterocycles. The lowest BCUT2D eigenvalue weighted by atomic mass is 10.1. The number of hydrogen-bond donors (Lipinski definition) is 3. The number of thiophene rings is 2. The van der Waals surface area contributed by atoms with Crippen LogP contribution in [0.5, 0.6) is 0 Å². The fourth-order valence-corrected chi connectivity index (χ4v) is 7.16. The third-order valence-corrected chi connectivity index (χ3v) is 9.97. The molecule has 0 bridgehead atoms. The molecule has 0 radical (unpaired) electrons. The van der Waals surface area contributed by atoms with Gasteiger partial charge < -0.3 is 20.5 Å². The number of aryl methyl sites for hydroxylation is 2. The number of methoxy groups -OCH3 is 1. The highest BCUT2D eigenvalue weighted by Crippen LogP contribution is 2.38. The SMILES string of the molecule is COC(=O)c1sc2cncc(Nc3ccc(Br)cc3)c2c1C.Cc1c(C(=O)O)sc2cncc(Nc3ccc(Br)cc3)c12. The van der Waals surface area contributed by atoms with Gasteiger partial charge in [0.25, 0.3) is 0 Å². The van der Waals surface area contributed by atoms with E-state index in [9.17, 15) is 14.7 Å². The van der Waals surface area contributed by atoms with Crippen LogP contribution in [0.3, 0.4) is 0 Å². The van der Waals surface area contributed by atoms with Gasteiger partial charge in [-0.25, -0.2) is 9.59 Å². The number of carboxylic acids is 1. The molecule has 0 atom stereocenters. The van der Waals surface area contributed by atoms with Crippen LogP contribution in [0.1, 0.15) is 30.5 Å². The number of aromatic nitrogens is 2. The van der Waals surface area contributed by atoms with Crippen molar-refractivity contribution in [3.63, 3.8) is 0 Å². The first-order valence-electron chi connectivity index (χ1n) is 12.8. The Morgan fingerprint density at radius 3 is 1.56 bits per heavy atom. The van der Waals surface area contributed by atoms with Crippen LogP contribution < -0.4 is 10.6 Å². The Hall–Kier alpha value is -3.84. The Labute approximate surface area is 272 Å². The highest BCUT2D eigenvalue weighted by molar-refractivity contribution is 9.10. The lowest BCUT2D eigenvalue weighted by molar-refractivity contribution is 0.0604. The van der Waals surface area contributed by atoms with Crippen molar-refractivity contribution in [3.8, 4) is 0 Å². The third kappa shape index (κ3) is 6.72. The highest BCUT2D eigenvalue weighted by atomic mass is 79.9. The zero-order chi connectivity index (χ0) is 30.7. The van der Waals surface area contributed by atoms with Crippen molar-refractivity contribution in [2.75, 3.05) is 17.7 Å². The maximum absolute atomic E-state index is 11.9. The number of pyridine rings is 2. The van der Waals surface area contributed by atoms with Crippen molar-refractivity contribution in [2.45, 2.75) is 13.8 Å². The summed E-state index contributed by atoms with van der Waals surface area (Å²) in [4.78, 5) is 32.5. The monoisotopic (exact) mass is 738 g/mol. The minimum absolute atomic E-state index is 0.312. The van der Waals surface area contributed by atoms with Gasteiger partial charge in [-0.2, -0.15) is 0 Å². The number of carbonyl (C=O) groups is 2. The zero-order valence-corrected chi connectivity index (χ0v) is 27.9. The van der Waals surface area contributed by atoms with E-state index in [2.05, 4.69) is 52.5 Å². The standard InChI is InChI=1S/C16H13BrN2O2S.C15H11BrN2O2S/c1-9-14-12(19-11-5-3-10(17)4-6-11)7-18-8-13(14)22-15(9)16(20)21-2;1-8-13-11(18-10-4-2-9(16)3-5-10)6-17-7-12(13)21-14(8)15(19)20/h3-8,19H,1-2H3;2-7,18H,1H3,(H,19,20). The topological polar surface area (TPSA) is 113 Å². The van der Waals surface area contributed by atoms with Crippen molar-refractivity contribution in [2.24, 2.45) is 0 Å². The average Bonchev–Trinajstić information content (AvgIpc) is 3.53. The van der Waals surface area contributed by atoms with E-state index in [1.165, 1.54) is 29.8 Å². The number of esters is 1. The van der Waals surface area contributed by atoms with Crippen LogP contribution in [-0.4, -0.2) is 34.1 Å². The summed E-state index contributed by atoms with van der Waals surface area (Å²) in [6.45, 7) is 3.76. The molecule has 2 aromatic carbocycles. The van der Waals surface area contributed by atoms with Gasteiger partial charge in [-0.05, 0) is 73.5 Å². The van der Waals surface area contributed by atoms with Gasteiger partial charge in [0.1, 0.15) is 9.75 Å². The summed E-state index contributed by atoms with van der Waals surface area (Å²) in [5, 5.41) is 17.8. The van der Waals surface area contributed by atoms with Crippen molar-refractivity contribution < 1.29 is 19.4 Å². The minimum atomic E-state index is -0.900. The van der Waals surface area contributed by atoms with Crippen molar-refractivity contribution >= 4 is 109 Å². The highest BCUT2D eigenvalue weighted by Gasteiger charge is 2.19. The number of hydrogen-bond acceptors (Lipinski definition) is 9. The summed E-state index contributed by atoms with van der Waals surface area (Å²) in [6, 6.07) is 15.7. The number of aromatic carboxylic acids is 1. The number of halogens is 2. The summed E-state index contributed by atoms with van der Waals surface area (Å²) in [6.07, 6.45) is 6.96. The van der Waals surface area contributed by atoms with Gasteiger partial charge in [-0.1, -0.05) is 31.9 Å². The lowest BCUT2D eigenvalue weighted by Gasteiger charge is -2.08. The second kappa shape index (κ2) is 13.2. The molecular formula is C31H24Br2N4O4S2.